The van der Waals surface area contributed by atoms with Crippen molar-refractivity contribution in [1.82, 2.24) is 15.1 Å². The van der Waals surface area contributed by atoms with Gasteiger partial charge in [-0.15, -0.1) is 11.3 Å². The molecule has 0 radical (unpaired) electrons. The van der Waals surface area contributed by atoms with Crippen LogP contribution in [0.3, 0.4) is 0 Å². The van der Waals surface area contributed by atoms with Crippen LogP contribution in [0.25, 0.3) is 0 Å². The Morgan fingerprint density at radius 3 is 2.55 bits per heavy atom. The molecule has 1 N–H and O–H groups in total. The summed E-state index contributed by atoms with van der Waals surface area (Å²) in [5, 5.41) is 4.98. The van der Waals surface area contributed by atoms with Crippen molar-refractivity contribution in [2.24, 2.45) is 0 Å². The summed E-state index contributed by atoms with van der Waals surface area (Å²) in [6.07, 6.45) is 0.803. The van der Waals surface area contributed by atoms with Crippen molar-refractivity contribution in [3.63, 3.8) is 0 Å². The number of urea groups is 1. The van der Waals surface area contributed by atoms with E-state index >= 15 is 0 Å². The highest BCUT2D eigenvalue weighted by Crippen LogP contribution is 2.35. The molecule has 0 bridgehead atoms. The van der Waals surface area contributed by atoms with E-state index in [9.17, 15) is 9.59 Å². The Balaban J connectivity index is 1.81. The number of methoxy groups -OCH3 is 1. The second-order valence-electron chi connectivity index (χ2n) is 9.48. The van der Waals surface area contributed by atoms with Crippen LogP contribution in [0.1, 0.15) is 51.1 Å². The number of amides is 3. The Labute approximate surface area is 200 Å². The highest BCUT2D eigenvalue weighted by atomic mass is 32.1. The zero-order valence-electron chi connectivity index (χ0n) is 20.4. The van der Waals surface area contributed by atoms with Crippen LogP contribution < -0.4 is 14.8 Å². The zero-order chi connectivity index (χ0) is 24.2. The summed E-state index contributed by atoms with van der Waals surface area (Å²) in [5.74, 6) is 1.21. The Morgan fingerprint density at radius 1 is 1.21 bits per heavy atom. The van der Waals surface area contributed by atoms with E-state index in [0.717, 1.165) is 12.0 Å². The maximum atomic E-state index is 13.5. The molecule has 0 saturated carbocycles. The first kappa shape index (κ1) is 24.9. The van der Waals surface area contributed by atoms with Gasteiger partial charge in [0, 0.05) is 23.0 Å². The Hall–Kier alpha value is -2.74. The van der Waals surface area contributed by atoms with Gasteiger partial charge in [0.1, 0.15) is 13.2 Å². The normalized spacial score (nSPS) is 15.7. The monoisotopic (exact) mass is 473 g/mol. The molecule has 2 heterocycles. The van der Waals surface area contributed by atoms with Crippen molar-refractivity contribution in [2.45, 2.75) is 58.7 Å². The molecule has 180 valence electrons. The van der Waals surface area contributed by atoms with Crippen molar-refractivity contribution >= 4 is 23.3 Å². The lowest BCUT2D eigenvalue weighted by Crippen LogP contribution is -2.56. The Morgan fingerprint density at radius 2 is 1.91 bits per heavy atom. The number of hydrogen-bond acceptors (Lipinski definition) is 5. The second-order valence-corrected chi connectivity index (χ2v) is 10.5. The van der Waals surface area contributed by atoms with E-state index < -0.39 is 5.54 Å². The van der Waals surface area contributed by atoms with Gasteiger partial charge in [-0.3, -0.25) is 4.79 Å². The molecular weight excluding hydrogens is 438 g/mol. The van der Waals surface area contributed by atoms with Crippen molar-refractivity contribution < 1.29 is 19.1 Å². The SMILES string of the molecule is COc1ccccc1OC[C@H]1c2ccsc2CCN1C(=O)CN(C(=O)NC(C)C)C(C)(C)C. The van der Waals surface area contributed by atoms with E-state index in [4.69, 9.17) is 9.47 Å². The third-order valence-electron chi connectivity index (χ3n) is 5.64. The number of ether oxygens (including phenoxy) is 2. The highest BCUT2D eigenvalue weighted by molar-refractivity contribution is 7.10. The van der Waals surface area contributed by atoms with Crippen molar-refractivity contribution in [2.75, 3.05) is 26.8 Å². The van der Waals surface area contributed by atoms with Crippen LogP contribution in [0, 0.1) is 0 Å². The molecule has 1 aliphatic rings. The molecule has 8 heteroatoms. The van der Waals surface area contributed by atoms with Crippen LogP contribution in [0.4, 0.5) is 4.79 Å². The van der Waals surface area contributed by atoms with Crippen molar-refractivity contribution in [1.29, 1.82) is 0 Å². The predicted octanol–water partition coefficient (Wildman–Crippen LogP) is 4.48. The third kappa shape index (κ3) is 5.99. The fourth-order valence-electron chi connectivity index (χ4n) is 3.95. The molecule has 0 aliphatic carbocycles. The van der Waals surface area contributed by atoms with Gasteiger partial charge >= 0.3 is 6.03 Å². The van der Waals surface area contributed by atoms with Crippen LogP contribution in [0.5, 0.6) is 11.5 Å². The van der Waals surface area contributed by atoms with Crippen LogP contribution in [0.2, 0.25) is 0 Å². The molecular formula is C25H35N3O4S. The van der Waals surface area contributed by atoms with Crippen molar-refractivity contribution in [3.8, 4) is 11.5 Å². The summed E-state index contributed by atoms with van der Waals surface area (Å²) in [6.45, 7) is 10.6. The second kappa shape index (κ2) is 10.5. The van der Waals surface area contributed by atoms with E-state index in [-0.39, 0.29) is 30.6 Å². The Bertz CT molecular complexity index is 967. The summed E-state index contributed by atoms with van der Waals surface area (Å²) < 4.78 is 11.5. The van der Waals surface area contributed by atoms with Crippen LogP contribution >= 0.6 is 11.3 Å². The van der Waals surface area contributed by atoms with E-state index in [1.165, 1.54) is 4.88 Å². The number of para-hydroxylation sites is 2. The summed E-state index contributed by atoms with van der Waals surface area (Å²) in [6, 6.07) is 9.09. The Kier molecular flexibility index (Phi) is 7.89. The van der Waals surface area contributed by atoms with Gasteiger partial charge in [0.15, 0.2) is 11.5 Å². The molecule has 7 nitrogen and oxygen atoms in total. The minimum absolute atomic E-state index is 0.00663. The van der Waals surface area contributed by atoms with E-state index in [1.807, 2.05) is 63.8 Å². The van der Waals surface area contributed by atoms with Crippen LogP contribution in [0.15, 0.2) is 35.7 Å². The van der Waals surface area contributed by atoms with Gasteiger partial charge in [-0.05, 0) is 70.2 Å². The fourth-order valence-corrected chi connectivity index (χ4v) is 4.87. The number of carbonyl (C=O) groups is 2. The first-order valence-corrected chi connectivity index (χ1v) is 12.2. The number of fused-ring (bicyclic) bond motifs is 1. The van der Waals surface area contributed by atoms with Gasteiger partial charge in [-0.2, -0.15) is 0 Å². The maximum absolute atomic E-state index is 13.5. The number of carbonyl (C=O) groups excluding carboxylic acids is 2. The highest BCUT2D eigenvalue weighted by Gasteiger charge is 2.36. The number of nitrogens with one attached hydrogen (secondary N) is 1. The maximum Gasteiger partial charge on any atom is 0.318 e. The molecule has 1 atom stereocenters. The summed E-state index contributed by atoms with van der Waals surface area (Å²) in [7, 11) is 1.61. The molecule has 3 rings (SSSR count). The average molecular weight is 474 g/mol. The summed E-state index contributed by atoms with van der Waals surface area (Å²) >= 11 is 1.71. The van der Waals surface area contributed by atoms with Crippen molar-refractivity contribution in [3.05, 3.63) is 46.2 Å². The molecule has 33 heavy (non-hydrogen) atoms. The molecule has 0 spiro atoms. The van der Waals surface area contributed by atoms with Gasteiger partial charge in [-0.25, -0.2) is 4.79 Å². The number of benzene rings is 1. The molecule has 0 fully saturated rings. The summed E-state index contributed by atoms with van der Waals surface area (Å²) in [5.41, 5.74) is 0.616. The molecule has 3 amide bonds. The standard InChI is InChI=1S/C25H35N3O4S/c1-17(2)26-24(30)28(25(3,4)5)15-23(29)27-13-11-22-18(12-14-33-22)19(27)16-32-21-10-8-7-9-20(21)31-6/h7-10,12,14,17,19H,11,13,15-16H2,1-6H3,(H,26,30)/t19-/m0/s1. The average Bonchev–Trinajstić information content (AvgIpc) is 3.23. The number of nitrogens with zero attached hydrogens (tertiary/aromatic N) is 2. The molecule has 0 unspecified atom stereocenters. The lowest BCUT2D eigenvalue weighted by atomic mass is 10.00. The molecule has 2 aromatic rings. The largest absolute Gasteiger partial charge is 0.493 e. The lowest BCUT2D eigenvalue weighted by molar-refractivity contribution is -0.136. The van der Waals surface area contributed by atoms with Crippen LogP contribution in [-0.4, -0.2) is 60.1 Å². The van der Waals surface area contributed by atoms with E-state index in [1.54, 1.807) is 23.3 Å². The molecule has 1 aromatic heterocycles. The van der Waals surface area contributed by atoms with Gasteiger partial charge in [0.25, 0.3) is 0 Å². The third-order valence-corrected chi connectivity index (χ3v) is 6.64. The van der Waals surface area contributed by atoms with E-state index in [0.29, 0.717) is 24.7 Å². The fraction of sp³-hybridized carbons (Fsp3) is 0.520. The zero-order valence-corrected chi connectivity index (χ0v) is 21.2. The topological polar surface area (TPSA) is 71.1 Å². The molecule has 0 saturated heterocycles. The first-order chi connectivity index (χ1) is 15.6. The predicted molar refractivity (Wildman–Crippen MR) is 131 cm³/mol. The van der Waals surface area contributed by atoms with Gasteiger partial charge in [0.05, 0.1) is 13.2 Å². The number of hydrogen-bond donors (Lipinski definition) is 1. The summed E-state index contributed by atoms with van der Waals surface area (Å²) in [4.78, 5) is 31.1. The minimum Gasteiger partial charge on any atom is -0.493 e. The minimum atomic E-state index is -0.499. The van der Waals surface area contributed by atoms with Gasteiger partial charge in [0.2, 0.25) is 5.91 Å². The quantitative estimate of drug-likeness (QED) is 0.644. The number of rotatable bonds is 7. The smallest absolute Gasteiger partial charge is 0.318 e. The van der Waals surface area contributed by atoms with Gasteiger partial charge in [-0.1, -0.05) is 12.1 Å². The molecule has 1 aliphatic heterocycles. The van der Waals surface area contributed by atoms with E-state index in [2.05, 4.69) is 16.8 Å². The van der Waals surface area contributed by atoms with Crippen LogP contribution in [-0.2, 0) is 11.2 Å². The van der Waals surface area contributed by atoms with Gasteiger partial charge < -0.3 is 24.6 Å². The number of thiophene rings is 1. The molecule has 1 aromatic carbocycles. The first-order valence-electron chi connectivity index (χ1n) is 11.3. The lowest BCUT2D eigenvalue weighted by Gasteiger charge is -2.40.